The Morgan fingerprint density at radius 1 is 1.02 bits per heavy atom. The number of aromatic carboxylic acids is 1. The third kappa shape index (κ3) is 6.81. The number of aromatic nitrogens is 1. The number of aliphatic hydroxyl groups is 2. The van der Waals surface area contributed by atoms with Crippen LogP contribution in [-0.4, -0.2) is 66.0 Å². The van der Waals surface area contributed by atoms with E-state index in [9.17, 15) is 59.1 Å². The first-order chi connectivity index (χ1) is 22.6. The van der Waals surface area contributed by atoms with Gasteiger partial charge in [0.15, 0.2) is 24.4 Å². The fourth-order valence-corrected chi connectivity index (χ4v) is 5.85. The van der Waals surface area contributed by atoms with Crippen LogP contribution >= 0.6 is 7.60 Å². The minimum Gasteiger partial charge on any atom is -0.546 e. The van der Waals surface area contributed by atoms with Crippen molar-refractivity contribution in [3.05, 3.63) is 106 Å². The first-order valence-corrected chi connectivity index (χ1v) is 15.7. The summed E-state index contributed by atoms with van der Waals surface area (Å²) in [5, 5.41) is 51.5. The van der Waals surface area contributed by atoms with Crippen molar-refractivity contribution < 1.29 is 63.3 Å². The van der Waals surface area contributed by atoms with Gasteiger partial charge in [-0.1, -0.05) is 0 Å². The van der Waals surface area contributed by atoms with Crippen LogP contribution in [0.2, 0.25) is 0 Å². The molecule has 2 aromatic carbocycles. The molecule has 1 amide bonds. The fourth-order valence-electron chi connectivity index (χ4n) is 5.22. The topological polar surface area (TPSA) is 259 Å². The second-order valence-corrected chi connectivity index (χ2v) is 12.8. The number of carbonyl (C=O) groups is 3. The van der Waals surface area contributed by atoms with E-state index >= 15 is 0 Å². The maximum absolute atomic E-state index is 13.2. The van der Waals surface area contributed by atoms with Crippen molar-refractivity contribution in [1.82, 2.24) is 5.32 Å². The van der Waals surface area contributed by atoms with Crippen LogP contribution in [0.3, 0.4) is 0 Å². The molecule has 0 saturated heterocycles. The first-order valence-electron chi connectivity index (χ1n) is 14.1. The van der Waals surface area contributed by atoms with Crippen LogP contribution in [-0.2, 0) is 22.3 Å². The van der Waals surface area contributed by atoms with Crippen molar-refractivity contribution in [2.45, 2.75) is 24.4 Å². The second kappa shape index (κ2) is 13.0. The lowest BCUT2D eigenvalue weighted by molar-refractivity contribution is -0.703. The summed E-state index contributed by atoms with van der Waals surface area (Å²) in [6.07, 6.45) is 0.492. The standard InChI is InChI=1S/C32H27N2O13P/c35-19-4-7-23-26(11-19)47-27-12-20(36)5-8-24(27)28(23)25-10-18(3-6-22(25)30(39)40)29(38)33-14-21(37)16-34-9-1-2-17(15-34)13-32(43,31(41)42)48(44,45)46/h1-12,15,21,37,43H,13-14,16H2,(H5-,33,35,36,38,39,40,41,42,44,45,46). The summed E-state index contributed by atoms with van der Waals surface area (Å²) in [6.45, 7) is -0.476. The van der Waals surface area contributed by atoms with E-state index in [0.29, 0.717) is 16.5 Å². The highest BCUT2D eigenvalue weighted by atomic mass is 31.2. The number of fused-ring (bicyclic) bond motifs is 2. The number of carbonyl (C=O) groups excluding carboxylic acids is 2. The molecular formula is C32H27N2O13P. The Labute approximate surface area is 270 Å². The number of pyridine rings is 1. The van der Waals surface area contributed by atoms with Crippen molar-refractivity contribution >= 4 is 36.4 Å². The summed E-state index contributed by atoms with van der Waals surface area (Å²) in [4.78, 5) is 67.6. The van der Waals surface area contributed by atoms with Crippen LogP contribution < -0.4 is 20.4 Å². The quantitative estimate of drug-likeness (QED) is 0.0561. The Bertz CT molecular complexity index is 2160. The molecule has 2 unspecified atom stereocenters. The highest BCUT2D eigenvalue weighted by Crippen LogP contribution is 2.50. The van der Waals surface area contributed by atoms with Gasteiger partial charge >= 0.3 is 13.6 Å². The monoisotopic (exact) mass is 678 g/mol. The van der Waals surface area contributed by atoms with Gasteiger partial charge in [-0.25, -0.2) is 9.36 Å². The molecule has 248 valence electrons. The number of aliphatic hydroxyl groups excluding tert-OH is 1. The number of phenols is 1. The number of aromatic hydroxyl groups is 1. The maximum Gasteiger partial charge on any atom is 0.363 e. The molecule has 0 saturated carbocycles. The molecule has 0 spiro atoms. The van der Waals surface area contributed by atoms with E-state index in [1.807, 2.05) is 0 Å². The van der Waals surface area contributed by atoms with Gasteiger partial charge < -0.3 is 49.8 Å². The minimum atomic E-state index is -5.54. The van der Waals surface area contributed by atoms with Crippen molar-refractivity contribution in [3.8, 4) is 28.2 Å². The van der Waals surface area contributed by atoms with Gasteiger partial charge in [-0.3, -0.25) is 14.2 Å². The molecule has 0 bridgehead atoms. The van der Waals surface area contributed by atoms with E-state index in [-0.39, 0.29) is 57.9 Å². The molecule has 5 rings (SSSR count). The van der Waals surface area contributed by atoms with Gasteiger partial charge in [-0.2, -0.15) is 0 Å². The van der Waals surface area contributed by atoms with Crippen molar-refractivity contribution in [1.29, 1.82) is 0 Å². The number of rotatable bonds is 11. The molecule has 16 heteroatoms. The second-order valence-electron chi connectivity index (χ2n) is 11.0. The summed E-state index contributed by atoms with van der Waals surface area (Å²) in [6, 6.07) is 14.7. The van der Waals surface area contributed by atoms with Gasteiger partial charge in [0.25, 0.3) is 5.91 Å². The van der Waals surface area contributed by atoms with E-state index < -0.39 is 43.3 Å². The number of carboxylic acids is 2. The number of nitrogens with one attached hydrogen (secondary N) is 1. The summed E-state index contributed by atoms with van der Waals surface area (Å²) in [7, 11) is -5.54. The molecule has 2 atom stereocenters. The Kier molecular flexibility index (Phi) is 9.17. The Balaban J connectivity index is 1.40. The summed E-state index contributed by atoms with van der Waals surface area (Å²) in [5.41, 5.74) is 0.477. The van der Waals surface area contributed by atoms with Crippen LogP contribution in [0.4, 0.5) is 0 Å². The predicted molar refractivity (Wildman–Crippen MR) is 164 cm³/mol. The highest BCUT2D eigenvalue weighted by Gasteiger charge is 2.47. The van der Waals surface area contributed by atoms with Gasteiger partial charge in [-0.15, -0.1) is 0 Å². The smallest absolute Gasteiger partial charge is 0.363 e. The number of phenolic OH excluding ortho intramolecular Hbond substituents is 1. The summed E-state index contributed by atoms with van der Waals surface area (Å²) < 4.78 is 18.8. The summed E-state index contributed by atoms with van der Waals surface area (Å²) >= 11 is 0. The normalized spacial score (nSPS) is 13.6. The largest absolute Gasteiger partial charge is 0.546 e. The molecule has 15 nitrogen and oxygen atoms in total. The van der Waals surface area contributed by atoms with Gasteiger partial charge in [-0.05, 0) is 54.1 Å². The van der Waals surface area contributed by atoms with Crippen LogP contribution in [0.1, 0.15) is 26.3 Å². The van der Waals surface area contributed by atoms with Crippen LogP contribution in [0, 0.1) is 0 Å². The van der Waals surface area contributed by atoms with Crippen LogP contribution in [0.25, 0.3) is 33.4 Å². The van der Waals surface area contributed by atoms with Gasteiger partial charge in [0.05, 0.1) is 18.1 Å². The Morgan fingerprint density at radius 3 is 2.46 bits per heavy atom. The molecule has 3 aromatic rings. The van der Waals surface area contributed by atoms with Gasteiger partial charge in [0, 0.05) is 52.3 Å². The zero-order valence-corrected chi connectivity index (χ0v) is 25.5. The van der Waals surface area contributed by atoms with Crippen molar-refractivity contribution in [2.24, 2.45) is 0 Å². The first kappa shape index (κ1) is 33.9. The number of amides is 1. The third-order valence-corrected chi connectivity index (χ3v) is 8.86. The van der Waals surface area contributed by atoms with E-state index in [2.05, 4.69) is 5.32 Å². The lowest BCUT2D eigenvalue weighted by Crippen LogP contribution is -2.50. The molecule has 1 aliphatic carbocycles. The number of carboxylic acid groups (broad SMARTS) is 2. The molecule has 2 aliphatic rings. The number of hydrogen-bond donors (Lipinski definition) is 7. The van der Waals surface area contributed by atoms with Gasteiger partial charge in [0.2, 0.25) is 5.34 Å². The zero-order valence-electron chi connectivity index (χ0n) is 24.6. The number of hydrogen-bond acceptors (Lipinski definition) is 10. The SMILES string of the molecule is O=C(NCC(O)C[n+]1cccc(CC(O)(C(=O)[O-])P(=O)(O)O)c1)c1ccc(C(=O)O)c(-c2c3ccc(=O)cc-3oc3cc(O)ccc23)c1. The lowest BCUT2D eigenvalue weighted by atomic mass is 9.89. The molecule has 1 aromatic heterocycles. The molecule has 7 N–H and O–H groups in total. The van der Waals surface area contributed by atoms with Crippen LogP contribution in [0.15, 0.2) is 88.3 Å². The molecular weight excluding hydrogens is 651 g/mol. The fraction of sp³-hybridized carbons (Fsp3) is 0.156. The van der Waals surface area contributed by atoms with E-state index in [1.54, 1.807) is 0 Å². The van der Waals surface area contributed by atoms with E-state index in [0.717, 1.165) is 0 Å². The minimum absolute atomic E-state index is 0.00487. The lowest BCUT2D eigenvalue weighted by Gasteiger charge is -2.29. The highest BCUT2D eigenvalue weighted by molar-refractivity contribution is 7.54. The molecule has 48 heavy (non-hydrogen) atoms. The Hall–Kier alpha value is -5.44. The maximum atomic E-state index is 13.2. The molecule has 1 aliphatic heterocycles. The average molecular weight is 679 g/mol. The molecule has 0 radical (unpaired) electrons. The number of benzene rings is 3. The average Bonchev–Trinajstić information content (AvgIpc) is 3.01. The molecule has 2 heterocycles. The predicted octanol–water partition coefficient (Wildman–Crippen LogP) is 0.206. The van der Waals surface area contributed by atoms with Crippen molar-refractivity contribution in [3.63, 3.8) is 0 Å². The van der Waals surface area contributed by atoms with E-state index in [1.165, 1.54) is 83.7 Å². The number of nitrogens with zero attached hydrogens (tertiary/aromatic N) is 1. The van der Waals surface area contributed by atoms with Gasteiger partial charge in [0.1, 0.15) is 23.2 Å². The number of aliphatic carboxylic acids is 1. The zero-order chi connectivity index (χ0) is 35.0. The Morgan fingerprint density at radius 2 is 1.77 bits per heavy atom. The van der Waals surface area contributed by atoms with E-state index in [4.69, 9.17) is 4.42 Å². The summed E-state index contributed by atoms with van der Waals surface area (Å²) in [5.74, 6) is -4.34. The third-order valence-electron chi connectivity index (χ3n) is 7.56. The molecule has 0 fully saturated rings. The van der Waals surface area contributed by atoms with Crippen LogP contribution in [0.5, 0.6) is 5.75 Å². The van der Waals surface area contributed by atoms with Crippen molar-refractivity contribution in [2.75, 3.05) is 6.54 Å².